The molecule has 0 saturated carbocycles. The summed E-state index contributed by atoms with van der Waals surface area (Å²) >= 11 is 0. The maximum absolute atomic E-state index is 12.8. The third kappa shape index (κ3) is 47.2. The molecule has 0 rings (SSSR count). The largest absolute Gasteiger partial charge is 0.462 e. The number of hydrogen-bond acceptors (Lipinski definition) is 6. The van der Waals surface area contributed by atoms with E-state index in [0.29, 0.717) is 19.3 Å². The summed E-state index contributed by atoms with van der Waals surface area (Å²) in [6.45, 7) is 6.32. The molecule has 0 bridgehead atoms. The Morgan fingerprint density at radius 2 is 0.672 bits per heavy atom. The normalized spacial score (nSPS) is 12.9. The summed E-state index contributed by atoms with van der Waals surface area (Å²) in [5, 5.41) is 0. The second-order valence-electron chi connectivity index (χ2n) is 16.0. The molecule has 0 spiro atoms. The van der Waals surface area contributed by atoms with E-state index in [2.05, 4.69) is 106 Å². The molecular formula is C55H90O6. The van der Waals surface area contributed by atoms with Gasteiger partial charge in [0.1, 0.15) is 13.2 Å². The zero-order valence-electron chi connectivity index (χ0n) is 39.4. The zero-order chi connectivity index (χ0) is 44.4. The lowest BCUT2D eigenvalue weighted by atomic mass is 10.1. The van der Waals surface area contributed by atoms with Crippen molar-refractivity contribution in [2.45, 2.75) is 219 Å². The molecule has 6 heteroatoms. The number of carbonyl (C=O) groups excluding carboxylic acids is 3. The van der Waals surface area contributed by atoms with Gasteiger partial charge in [-0.2, -0.15) is 0 Å². The Bertz CT molecular complexity index is 1250. The van der Waals surface area contributed by atoms with E-state index in [1.54, 1.807) is 0 Å². The Hall–Kier alpha value is -3.67. The van der Waals surface area contributed by atoms with Crippen molar-refractivity contribution in [3.8, 4) is 0 Å². The predicted molar refractivity (Wildman–Crippen MR) is 260 cm³/mol. The number of ether oxygens (including phenoxy) is 3. The molecule has 0 saturated heterocycles. The lowest BCUT2D eigenvalue weighted by molar-refractivity contribution is -0.166. The van der Waals surface area contributed by atoms with Crippen LogP contribution in [0.5, 0.6) is 0 Å². The number of esters is 3. The lowest BCUT2D eigenvalue weighted by Gasteiger charge is -2.18. The van der Waals surface area contributed by atoms with Gasteiger partial charge in [-0.1, -0.05) is 208 Å². The highest BCUT2D eigenvalue weighted by molar-refractivity contribution is 5.71. The summed E-state index contributed by atoms with van der Waals surface area (Å²) in [5.41, 5.74) is 0. The average molecular weight is 847 g/mol. The highest BCUT2D eigenvalue weighted by Crippen LogP contribution is 2.14. The Labute approximate surface area is 375 Å². The number of hydrogen-bond donors (Lipinski definition) is 0. The van der Waals surface area contributed by atoms with Crippen molar-refractivity contribution in [3.63, 3.8) is 0 Å². The fourth-order valence-electron chi connectivity index (χ4n) is 6.45. The molecule has 0 aliphatic rings. The third-order valence-electron chi connectivity index (χ3n) is 10.1. The average Bonchev–Trinajstić information content (AvgIpc) is 3.26. The van der Waals surface area contributed by atoms with E-state index in [-0.39, 0.29) is 37.5 Å². The summed E-state index contributed by atoms with van der Waals surface area (Å²) < 4.78 is 16.7. The van der Waals surface area contributed by atoms with Gasteiger partial charge in [0.25, 0.3) is 0 Å². The molecular weight excluding hydrogens is 757 g/mol. The minimum Gasteiger partial charge on any atom is -0.462 e. The van der Waals surface area contributed by atoms with E-state index in [0.717, 1.165) is 96.3 Å². The second kappa shape index (κ2) is 49.0. The van der Waals surface area contributed by atoms with Crippen LogP contribution in [-0.4, -0.2) is 37.2 Å². The van der Waals surface area contributed by atoms with Crippen LogP contribution in [0.4, 0.5) is 0 Å². The second-order valence-corrected chi connectivity index (χ2v) is 16.0. The monoisotopic (exact) mass is 847 g/mol. The summed E-state index contributed by atoms with van der Waals surface area (Å²) in [6.07, 6.45) is 64.0. The van der Waals surface area contributed by atoms with Crippen LogP contribution in [-0.2, 0) is 28.6 Å². The van der Waals surface area contributed by atoms with Crippen LogP contribution in [0.25, 0.3) is 0 Å². The molecule has 0 aromatic carbocycles. The highest BCUT2D eigenvalue weighted by atomic mass is 16.6. The van der Waals surface area contributed by atoms with Gasteiger partial charge < -0.3 is 14.2 Å². The van der Waals surface area contributed by atoms with Crippen LogP contribution in [0.2, 0.25) is 0 Å². The summed E-state index contributed by atoms with van der Waals surface area (Å²) in [6, 6.07) is 0. The van der Waals surface area contributed by atoms with Gasteiger partial charge in [0, 0.05) is 19.3 Å². The van der Waals surface area contributed by atoms with Gasteiger partial charge in [-0.15, -0.1) is 0 Å². The molecule has 0 N–H and O–H groups in total. The van der Waals surface area contributed by atoms with Gasteiger partial charge in [-0.25, -0.2) is 0 Å². The van der Waals surface area contributed by atoms with Crippen molar-refractivity contribution >= 4 is 17.9 Å². The van der Waals surface area contributed by atoms with E-state index in [1.165, 1.54) is 70.6 Å². The molecule has 61 heavy (non-hydrogen) atoms. The van der Waals surface area contributed by atoms with Crippen molar-refractivity contribution in [1.29, 1.82) is 0 Å². The SMILES string of the molecule is CC/C=C\C/C=C\C/C=C\C/C=C\C/C=C\C/C=C\CCC(=O)OCC(COC(=O)CCCCCCCCCCCC)OC(=O)CCCCCCCCC/C=C\C/C=C\CC. The smallest absolute Gasteiger partial charge is 0.306 e. The standard InChI is InChI=1S/C55H90O6/c1-4-7-10-13-16-19-22-24-26-27-28-29-30-32-33-36-39-42-45-48-54(57)60-51-52(50-59-53(56)47-44-41-38-35-21-18-15-12-9-6-3)61-55(58)49-46-43-40-37-34-31-25-23-20-17-14-11-8-5-2/h7-8,10-11,16-17,19-20,24,26,28-29,32-33,39,42,52H,4-6,9,12-15,18,21-23,25,27,30-31,34-38,40-41,43-51H2,1-3H3/b10-7-,11-8-,19-16-,20-17-,26-24-,29-28-,33-32-,42-39-. The van der Waals surface area contributed by atoms with E-state index in [1.807, 2.05) is 12.2 Å². The van der Waals surface area contributed by atoms with Gasteiger partial charge in [-0.05, 0) is 83.5 Å². The Morgan fingerprint density at radius 1 is 0.344 bits per heavy atom. The molecule has 0 fully saturated rings. The highest BCUT2D eigenvalue weighted by Gasteiger charge is 2.19. The van der Waals surface area contributed by atoms with E-state index in [9.17, 15) is 14.4 Å². The molecule has 0 amide bonds. The molecule has 0 aromatic rings. The molecule has 6 nitrogen and oxygen atoms in total. The summed E-state index contributed by atoms with van der Waals surface area (Å²) in [7, 11) is 0. The molecule has 346 valence electrons. The first-order chi connectivity index (χ1) is 30.0. The quantitative estimate of drug-likeness (QED) is 0.0263. The van der Waals surface area contributed by atoms with E-state index in [4.69, 9.17) is 14.2 Å². The van der Waals surface area contributed by atoms with Crippen LogP contribution in [0.1, 0.15) is 213 Å². The fourth-order valence-corrected chi connectivity index (χ4v) is 6.45. The molecule has 1 unspecified atom stereocenters. The van der Waals surface area contributed by atoms with Crippen LogP contribution < -0.4 is 0 Å². The van der Waals surface area contributed by atoms with Gasteiger partial charge in [0.05, 0.1) is 0 Å². The Kier molecular flexibility index (Phi) is 46.0. The van der Waals surface area contributed by atoms with Crippen LogP contribution >= 0.6 is 0 Å². The molecule has 0 aliphatic carbocycles. The van der Waals surface area contributed by atoms with Crippen molar-refractivity contribution in [2.75, 3.05) is 13.2 Å². The first-order valence-corrected chi connectivity index (χ1v) is 24.7. The number of allylic oxidation sites excluding steroid dienone is 16. The lowest BCUT2D eigenvalue weighted by Crippen LogP contribution is -2.30. The Balaban J connectivity index is 4.49. The maximum atomic E-state index is 12.8. The summed E-state index contributed by atoms with van der Waals surface area (Å²) in [5.74, 6) is -1.01. The van der Waals surface area contributed by atoms with Crippen LogP contribution in [0.15, 0.2) is 97.2 Å². The molecule has 0 heterocycles. The van der Waals surface area contributed by atoms with Crippen molar-refractivity contribution in [1.82, 2.24) is 0 Å². The topological polar surface area (TPSA) is 78.9 Å². The van der Waals surface area contributed by atoms with E-state index < -0.39 is 6.10 Å². The molecule has 1 atom stereocenters. The maximum Gasteiger partial charge on any atom is 0.306 e. The van der Waals surface area contributed by atoms with Gasteiger partial charge in [0.15, 0.2) is 6.10 Å². The van der Waals surface area contributed by atoms with Crippen LogP contribution in [0.3, 0.4) is 0 Å². The molecule has 0 aromatic heterocycles. The minimum atomic E-state index is -0.810. The predicted octanol–water partition coefficient (Wildman–Crippen LogP) is 16.2. The van der Waals surface area contributed by atoms with Gasteiger partial charge in [-0.3, -0.25) is 14.4 Å². The zero-order valence-corrected chi connectivity index (χ0v) is 39.4. The van der Waals surface area contributed by atoms with Crippen molar-refractivity contribution < 1.29 is 28.6 Å². The number of carbonyl (C=O) groups is 3. The van der Waals surface area contributed by atoms with Crippen LogP contribution in [0, 0.1) is 0 Å². The number of rotatable bonds is 43. The Morgan fingerprint density at radius 3 is 1.10 bits per heavy atom. The number of unbranched alkanes of at least 4 members (excludes halogenated alkanes) is 16. The minimum absolute atomic E-state index is 0.104. The van der Waals surface area contributed by atoms with E-state index >= 15 is 0 Å². The summed E-state index contributed by atoms with van der Waals surface area (Å²) in [4.78, 5) is 37.8. The fraction of sp³-hybridized carbons (Fsp3) is 0.655. The van der Waals surface area contributed by atoms with Gasteiger partial charge in [0.2, 0.25) is 0 Å². The first-order valence-electron chi connectivity index (χ1n) is 24.7. The van der Waals surface area contributed by atoms with Crippen molar-refractivity contribution in [3.05, 3.63) is 97.2 Å². The third-order valence-corrected chi connectivity index (χ3v) is 10.1. The van der Waals surface area contributed by atoms with Gasteiger partial charge >= 0.3 is 17.9 Å². The molecule has 0 radical (unpaired) electrons. The van der Waals surface area contributed by atoms with Crippen molar-refractivity contribution in [2.24, 2.45) is 0 Å². The first kappa shape index (κ1) is 57.3. The molecule has 0 aliphatic heterocycles.